The van der Waals surface area contributed by atoms with Gasteiger partial charge < -0.3 is 5.11 Å². The highest BCUT2D eigenvalue weighted by molar-refractivity contribution is 7.80. The minimum atomic E-state index is 0.0211. The highest BCUT2D eigenvalue weighted by atomic mass is 32.1. The van der Waals surface area contributed by atoms with Crippen molar-refractivity contribution in [3.63, 3.8) is 0 Å². The molecule has 0 radical (unpaired) electrons. The van der Waals surface area contributed by atoms with E-state index in [9.17, 15) is 0 Å². The van der Waals surface area contributed by atoms with Crippen molar-refractivity contribution in [2.45, 2.75) is 16.4 Å². The van der Waals surface area contributed by atoms with Gasteiger partial charge in [-0.05, 0) is 23.8 Å². The molecule has 3 heteroatoms. The summed E-state index contributed by atoms with van der Waals surface area (Å²) in [5, 5.41) is 8.76. The molecular weight excluding hydrogens is 164 g/mol. The molecule has 0 spiro atoms. The first kappa shape index (κ1) is 7.98. The maximum atomic E-state index is 8.76. The minimum Gasteiger partial charge on any atom is -0.392 e. The first-order valence-electron chi connectivity index (χ1n) is 2.86. The standard InChI is InChI=1S/C7H8OS2/c8-4-5-3-6(9)1-2-7(5)10/h1-3,8-10H,4H2. The van der Waals surface area contributed by atoms with Gasteiger partial charge in [0.15, 0.2) is 0 Å². The summed E-state index contributed by atoms with van der Waals surface area (Å²) < 4.78 is 0. The van der Waals surface area contributed by atoms with Gasteiger partial charge in [0.05, 0.1) is 6.61 Å². The van der Waals surface area contributed by atoms with Gasteiger partial charge in [0.25, 0.3) is 0 Å². The maximum Gasteiger partial charge on any atom is 0.0693 e. The van der Waals surface area contributed by atoms with E-state index in [0.29, 0.717) is 0 Å². The number of hydrogen-bond donors (Lipinski definition) is 3. The largest absolute Gasteiger partial charge is 0.392 e. The van der Waals surface area contributed by atoms with Gasteiger partial charge in [0.1, 0.15) is 0 Å². The fourth-order valence-corrected chi connectivity index (χ4v) is 1.14. The Labute approximate surface area is 70.9 Å². The van der Waals surface area contributed by atoms with E-state index in [0.717, 1.165) is 15.4 Å². The van der Waals surface area contributed by atoms with E-state index in [4.69, 9.17) is 5.11 Å². The van der Waals surface area contributed by atoms with E-state index in [1.165, 1.54) is 0 Å². The zero-order valence-electron chi connectivity index (χ0n) is 5.28. The summed E-state index contributed by atoms with van der Waals surface area (Å²) in [5.41, 5.74) is 0.816. The predicted molar refractivity (Wildman–Crippen MR) is 46.9 cm³/mol. The van der Waals surface area contributed by atoms with Gasteiger partial charge in [-0.2, -0.15) is 0 Å². The molecule has 1 nitrogen and oxygen atoms in total. The summed E-state index contributed by atoms with van der Waals surface area (Å²) in [5.74, 6) is 0. The van der Waals surface area contributed by atoms with Gasteiger partial charge in [-0.1, -0.05) is 0 Å². The van der Waals surface area contributed by atoms with Gasteiger partial charge in [0, 0.05) is 9.79 Å². The van der Waals surface area contributed by atoms with Crippen LogP contribution in [0.4, 0.5) is 0 Å². The molecule has 0 saturated heterocycles. The van der Waals surface area contributed by atoms with Crippen molar-refractivity contribution in [3.8, 4) is 0 Å². The number of benzene rings is 1. The molecule has 0 fully saturated rings. The van der Waals surface area contributed by atoms with Crippen LogP contribution in [0, 0.1) is 0 Å². The lowest BCUT2D eigenvalue weighted by Crippen LogP contribution is -1.84. The normalized spacial score (nSPS) is 9.90. The third-order valence-corrected chi connectivity index (χ3v) is 1.95. The lowest BCUT2D eigenvalue weighted by Gasteiger charge is -2.00. The van der Waals surface area contributed by atoms with E-state index in [1.807, 2.05) is 12.1 Å². The molecule has 1 aromatic carbocycles. The Kier molecular flexibility index (Phi) is 2.65. The van der Waals surface area contributed by atoms with Crippen LogP contribution in [-0.2, 0) is 6.61 Å². The van der Waals surface area contributed by atoms with E-state index in [-0.39, 0.29) is 6.61 Å². The van der Waals surface area contributed by atoms with E-state index >= 15 is 0 Å². The smallest absolute Gasteiger partial charge is 0.0693 e. The lowest BCUT2D eigenvalue weighted by atomic mass is 10.2. The molecule has 0 amide bonds. The SMILES string of the molecule is OCc1cc(S)ccc1S. The average molecular weight is 172 g/mol. The Bertz CT molecular complexity index is 235. The monoisotopic (exact) mass is 172 g/mol. The van der Waals surface area contributed by atoms with Gasteiger partial charge in [-0.3, -0.25) is 0 Å². The third kappa shape index (κ3) is 1.68. The molecule has 0 aliphatic rings. The molecule has 10 heavy (non-hydrogen) atoms. The van der Waals surface area contributed by atoms with Crippen LogP contribution in [0.5, 0.6) is 0 Å². The van der Waals surface area contributed by atoms with E-state index in [1.54, 1.807) is 6.07 Å². The number of rotatable bonds is 1. The van der Waals surface area contributed by atoms with Crippen LogP contribution in [0.15, 0.2) is 28.0 Å². The predicted octanol–water partition coefficient (Wildman–Crippen LogP) is 1.76. The summed E-state index contributed by atoms with van der Waals surface area (Å²) in [6.07, 6.45) is 0. The molecule has 1 rings (SSSR count). The van der Waals surface area contributed by atoms with Gasteiger partial charge in [-0.25, -0.2) is 0 Å². The van der Waals surface area contributed by atoms with Crippen molar-refractivity contribution in [1.82, 2.24) is 0 Å². The van der Waals surface area contributed by atoms with Crippen LogP contribution in [0.2, 0.25) is 0 Å². The molecule has 0 unspecified atom stereocenters. The Balaban J connectivity index is 3.09. The average Bonchev–Trinajstić information content (AvgIpc) is 1.94. The van der Waals surface area contributed by atoms with E-state index in [2.05, 4.69) is 25.3 Å². The second-order valence-electron chi connectivity index (χ2n) is 1.97. The highest BCUT2D eigenvalue weighted by Crippen LogP contribution is 2.17. The van der Waals surface area contributed by atoms with Crippen molar-refractivity contribution >= 4 is 25.3 Å². The highest BCUT2D eigenvalue weighted by Gasteiger charge is 1.95. The molecule has 1 aromatic rings. The van der Waals surface area contributed by atoms with Crippen molar-refractivity contribution < 1.29 is 5.11 Å². The van der Waals surface area contributed by atoms with Crippen LogP contribution in [-0.4, -0.2) is 5.11 Å². The Hall–Kier alpha value is -0.120. The molecule has 0 aromatic heterocycles. The molecule has 0 bridgehead atoms. The zero-order chi connectivity index (χ0) is 7.56. The molecule has 0 atom stereocenters. The first-order valence-corrected chi connectivity index (χ1v) is 3.75. The summed E-state index contributed by atoms with van der Waals surface area (Å²) in [6, 6.07) is 5.45. The van der Waals surface area contributed by atoms with Crippen molar-refractivity contribution in [1.29, 1.82) is 0 Å². The molecular formula is C7H8OS2. The summed E-state index contributed by atoms with van der Waals surface area (Å²) in [7, 11) is 0. The number of aliphatic hydroxyl groups excluding tert-OH is 1. The number of hydrogen-bond acceptors (Lipinski definition) is 3. The fourth-order valence-electron chi connectivity index (χ4n) is 0.699. The summed E-state index contributed by atoms with van der Waals surface area (Å²) >= 11 is 8.24. The second kappa shape index (κ2) is 3.32. The molecule has 1 N–H and O–H groups in total. The summed E-state index contributed by atoms with van der Waals surface area (Å²) in [4.78, 5) is 1.65. The molecule has 0 aliphatic carbocycles. The topological polar surface area (TPSA) is 20.2 Å². The lowest BCUT2D eigenvalue weighted by molar-refractivity contribution is 0.278. The quantitative estimate of drug-likeness (QED) is 0.551. The first-order chi connectivity index (χ1) is 4.74. The van der Waals surface area contributed by atoms with Crippen LogP contribution < -0.4 is 0 Å². The molecule has 0 aliphatic heterocycles. The molecule has 0 heterocycles. The van der Waals surface area contributed by atoms with Crippen LogP contribution in [0.1, 0.15) is 5.56 Å². The van der Waals surface area contributed by atoms with Crippen molar-refractivity contribution in [3.05, 3.63) is 23.8 Å². The summed E-state index contributed by atoms with van der Waals surface area (Å²) in [6.45, 7) is 0.0211. The van der Waals surface area contributed by atoms with E-state index < -0.39 is 0 Å². The number of thiol groups is 2. The van der Waals surface area contributed by atoms with Crippen LogP contribution in [0.3, 0.4) is 0 Å². The molecule has 54 valence electrons. The Morgan fingerprint density at radius 2 is 2.00 bits per heavy atom. The Morgan fingerprint density at radius 1 is 1.30 bits per heavy atom. The van der Waals surface area contributed by atoms with Gasteiger partial charge >= 0.3 is 0 Å². The third-order valence-electron chi connectivity index (χ3n) is 1.23. The molecule has 0 saturated carbocycles. The van der Waals surface area contributed by atoms with Crippen LogP contribution >= 0.6 is 25.3 Å². The maximum absolute atomic E-state index is 8.76. The zero-order valence-corrected chi connectivity index (χ0v) is 7.07. The fraction of sp³-hybridized carbons (Fsp3) is 0.143. The number of aliphatic hydroxyl groups is 1. The second-order valence-corrected chi connectivity index (χ2v) is 2.97. The van der Waals surface area contributed by atoms with Gasteiger partial charge in [0.2, 0.25) is 0 Å². The van der Waals surface area contributed by atoms with Crippen molar-refractivity contribution in [2.75, 3.05) is 0 Å². The van der Waals surface area contributed by atoms with Crippen molar-refractivity contribution in [2.24, 2.45) is 0 Å². The van der Waals surface area contributed by atoms with Crippen LogP contribution in [0.25, 0.3) is 0 Å². The minimum absolute atomic E-state index is 0.0211. The Morgan fingerprint density at radius 3 is 2.50 bits per heavy atom. The van der Waals surface area contributed by atoms with Gasteiger partial charge in [-0.15, -0.1) is 25.3 Å².